The van der Waals surface area contributed by atoms with Crippen LogP contribution in [0.4, 0.5) is 154 Å². The highest BCUT2D eigenvalue weighted by atomic mass is 32.1. The molecule has 36 heteroatoms. The third-order valence-electron chi connectivity index (χ3n) is 6.25. The first-order valence-electron chi connectivity index (χ1n) is 10.8. The SMILES string of the molecule is FC(F)(F)C(F)(F)C(F)(F)C(F)(F)C(F)(F)C(F)(F)C(F)(F)C(F)(F)C(F)(F)C(F)(F)C(F)(F)C(F)(F)C(F)(F)C(F)(F)C(F)(F)C(F)(F)C(F)(F)S. The molecule has 0 atom stereocenters. The first-order valence-corrected chi connectivity index (χ1v) is 11.3. The van der Waals surface area contributed by atoms with Gasteiger partial charge in [0.1, 0.15) is 0 Å². The lowest BCUT2D eigenvalue weighted by molar-refractivity contribution is -0.491. The number of rotatable bonds is 15. The Hall–Kier alpha value is -2.10. The van der Waals surface area contributed by atoms with E-state index in [0.29, 0.717) is 0 Å². The van der Waals surface area contributed by atoms with E-state index in [0.717, 1.165) is 12.6 Å². The summed E-state index contributed by atoms with van der Waals surface area (Å²) in [5.41, 5.74) is 0. The number of alkyl halides is 35. The summed E-state index contributed by atoms with van der Waals surface area (Å²) in [6.45, 7) is 0. The van der Waals surface area contributed by atoms with Crippen molar-refractivity contribution in [1.29, 1.82) is 0 Å². The monoisotopic (exact) mass is 902 g/mol. The Bertz CT molecular complexity index is 1240. The smallest absolute Gasteiger partial charge is 0.192 e. The van der Waals surface area contributed by atoms with Crippen molar-refractivity contribution < 1.29 is 154 Å². The topological polar surface area (TPSA) is 0 Å². The second kappa shape index (κ2) is 12.0. The van der Waals surface area contributed by atoms with Crippen LogP contribution in [0.2, 0.25) is 0 Å². The van der Waals surface area contributed by atoms with Gasteiger partial charge in [0, 0.05) is 0 Å². The van der Waals surface area contributed by atoms with E-state index in [9.17, 15) is 154 Å². The summed E-state index contributed by atoms with van der Waals surface area (Å²) in [4.78, 5) is 0. The van der Waals surface area contributed by atoms with Crippen molar-refractivity contribution >= 4 is 12.6 Å². The molecule has 53 heavy (non-hydrogen) atoms. The zero-order valence-corrected chi connectivity index (χ0v) is 23.1. The third-order valence-corrected chi connectivity index (χ3v) is 6.54. The molecule has 0 aromatic rings. The predicted octanol–water partition coefficient (Wildman–Crippen LogP) is 11.6. The van der Waals surface area contributed by atoms with Gasteiger partial charge in [0.2, 0.25) is 0 Å². The molecule has 0 aliphatic rings. The van der Waals surface area contributed by atoms with Gasteiger partial charge in [0.15, 0.2) is 0 Å². The summed E-state index contributed by atoms with van der Waals surface area (Å²) < 4.78 is 466. The standard InChI is InChI=1S/C17HF35S/c18-1(19,2(20,21)4(24,25)6(28,29)8(32,33)10(36,37)12(40,41)14(44,45)16(48,49)50)3(22,23)5(26,27)7(30,31)9(34,35)11(38,39)13(42,43)15(46,47)17(51,52)53/h53H. The molecule has 0 aromatic heterocycles. The van der Waals surface area contributed by atoms with E-state index in [1.807, 2.05) is 0 Å². The lowest BCUT2D eigenvalue weighted by Crippen LogP contribution is -2.80. The summed E-state index contributed by atoms with van der Waals surface area (Å²) in [7, 11) is 0. The lowest BCUT2D eigenvalue weighted by atomic mass is 9.82. The molecule has 0 rings (SSSR count). The number of halogens is 35. The fourth-order valence-corrected chi connectivity index (χ4v) is 3.07. The quantitative estimate of drug-likeness (QED) is 0.123. The summed E-state index contributed by atoms with van der Waals surface area (Å²) >= 11 is 1.09. The van der Waals surface area contributed by atoms with Crippen LogP contribution in [0.5, 0.6) is 0 Å². The maximum Gasteiger partial charge on any atom is 0.460 e. The highest BCUT2D eigenvalue weighted by Crippen LogP contribution is 2.70. The van der Waals surface area contributed by atoms with Crippen LogP contribution in [-0.4, -0.2) is 100 Å². The van der Waals surface area contributed by atoms with Gasteiger partial charge in [-0.3, -0.25) is 0 Å². The minimum absolute atomic E-state index is 1.09. The molecule has 0 nitrogen and oxygen atoms in total. The summed E-state index contributed by atoms with van der Waals surface area (Å²) in [6.07, 6.45) is -8.42. The van der Waals surface area contributed by atoms with E-state index >= 15 is 0 Å². The maximum atomic E-state index is 13.8. The van der Waals surface area contributed by atoms with E-state index in [-0.39, 0.29) is 0 Å². The van der Waals surface area contributed by atoms with Gasteiger partial charge in [-0.25, -0.2) is 0 Å². The zero-order valence-electron chi connectivity index (χ0n) is 22.2. The summed E-state index contributed by atoms with van der Waals surface area (Å²) in [6, 6.07) is 0. The van der Waals surface area contributed by atoms with Crippen molar-refractivity contribution in [2.75, 3.05) is 0 Å². The molecule has 0 aliphatic carbocycles. The van der Waals surface area contributed by atoms with Crippen molar-refractivity contribution in [2.24, 2.45) is 0 Å². The van der Waals surface area contributed by atoms with Crippen LogP contribution < -0.4 is 0 Å². The Morgan fingerprint density at radius 2 is 0.245 bits per heavy atom. The fourth-order valence-electron chi connectivity index (χ4n) is 2.93. The van der Waals surface area contributed by atoms with E-state index in [1.165, 1.54) is 0 Å². The van der Waals surface area contributed by atoms with Crippen LogP contribution in [0, 0.1) is 0 Å². The summed E-state index contributed by atoms with van der Waals surface area (Å²) in [5.74, 6) is -147. The molecular weight excluding hydrogens is 901 g/mol. The molecule has 0 aliphatic heterocycles. The summed E-state index contributed by atoms with van der Waals surface area (Å²) in [5, 5.41) is -7.24. The largest absolute Gasteiger partial charge is 0.460 e. The molecule has 0 amide bonds. The van der Waals surface area contributed by atoms with Crippen LogP contribution >= 0.6 is 12.6 Å². The van der Waals surface area contributed by atoms with Crippen molar-refractivity contribution in [3.05, 3.63) is 0 Å². The van der Waals surface area contributed by atoms with Gasteiger partial charge in [-0.1, -0.05) is 12.6 Å². The zero-order chi connectivity index (χ0) is 44.5. The highest BCUT2D eigenvalue weighted by molar-refractivity contribution is 7.81. The molecule has 0 heterocycles. The first-order chi connectivity index (χ1) is 22.0. The van der Waals surface area contributed by atoms with E-state index in [1.54, 1.807) is 0 Å². The molecular formula is C17HF35S. The van der Waals surface area contributed by atoms with Crippen molar-refractivity contribution in [1.82, 2.24) is 0 Å². The normalized spacial score (nSPS) is 17.4. The average Bonchev–Trinajstić information content (AvgIpc) is 2.89. The van der Waals surface area contributed by atoms with E-state index in [2.05, 4.69) is 0 Å². The number of hydrogen-bond donors (Lipinski definition) is 1. The Morgan fingerprint density at radius 1 is 0.151 bits per heavy atom. The van der Waals surface area contributed by atoms with Crippen LogP contribution in [0.3, 0.4) is 0 Å². The highest BCUT2D eigenvalue weighted by Gasteiger charge is 3.02. The molecule has 0 N–H and O–H groups in total. The fraction of sp³-hybridized carbons (Fsp3) is 1.00. The van der Waals surface area contributed by atoms with Crippen molar-refractivity contribution in [3.63, 3.8) is 0 Å². The van der Waals surface area contributed by atoms with Gasteiger partial charge in [-0.15, -0.1) is 0 Å². The maximum absolute atomic E-state index is 13.8. The van der Waals surface area contributed by atoms with Gasteiger partial charge >= 0.3 is 100 Å². The number of thiol groups is 1. The molecule has 0 saturated heterocycles. The second-order valence-corrected chi connectivity index (χ2v) is 10.2. The van der Waals surface area contributed by atoms with Gasteiger partial charge in [0.05, 0.1) is 0 Å². The van der Waals surface area contributed by atoms with Crippen molar-refractivity contribution in [3.8, 4) is 0 Å². The Morgan fingerprint density at radius 3 is 0.340 bits per heavy atom. The van der Waals surface area contributed by atoms with Crippen LogP contribution in [0.25, 0.3) is 0 Å². The van der Waals surface area contributed by atoms with Gasteiger partial charge in [-0.2, -0.15) is 154 Å². The molecule has 0 spiro atoms. The lowest BCUT2D eigenvalue weighted by Gasteiger charge is -2.47. The minimum Gasteiger partial charge on any atom is -0.192 e. The Balaban J connectivity index is 7.78. The third kappa shape index (κ3) is 5.69. The van der Waals surface area contributed by atoms with Crippen molar-refractivity contribution in [2.45, 2.75) is 100 Å². The Labute approximate surface area is 268 Å². The molecule has 0 unspecified atom stereocenters. The van der Waals surface area contributed by atoms with E-state index < -0.39 is 100 Å². The number of hydrogen-bond acceptors (Lipinski definition) is 1. The second-order valence-electron chi connectivity index (χ2n) is 9.65. The molecule has 0 saturated carbocycles. The van der Waals surface area contributed by atoms with Gasteiger partial charge < -0.3 is 0 Å². The minimum atomic E-state index is -10.3. The van der Waals surface area contributed by atoms with Crippen LogP contribution in [0.1, 0.15) is 0 Å². The van der Waals surface area contributed by atoms with Gasteiger partial charge in [-0.05, 0) is 0 Å². The molecule has 0 bridgehead atoms. The molecule has 0 radical (unpaired) electrons. The first kappa shape index (κ1) is 50.9. The predicted molar refractivity (Wildman–Crippen MR) is 94.2 cm³/mol. The van der Waals surface area contributed by atoms with Gasteiger partial charge in [0.25, 0.3) is 0 Å². The molecule has 0 aromatic carbocycles. The van der Waals surface area contributed by atoms with Crippen LogP contribution in [-0.2, 0) is 0 Å². The molecule has 320 valence electrons. The van der Waals surface area contributed by atoms with Crippen LogP contribution in [0.15, 0.2) is 0 Å². The Kier molecular flexibility index (Phi) is 11.5. The average molecular weight is 902 g/mol. The molecule has 0 fully saturated rings. The van der Waals surface area contributed by atoms with E-state index in [4.69, 9.17) is 0 Å².